The molecule has 1 unspecified atom stereocenters. The lowest BCUT2D eigenvalue weighted by molar-refractivity contribution is -0.750. The molecule has 5 rings (SSSR count). The Morgan fingerprint density at radius 3 is 2.58 bits per heavy atom. The molecule has 3 aliphatic rings. The van der Waals surface area contributed by atoms with Gasteiger partial charge in [-0.3, -0.25) is 14.6 Å². The van der Waals surface area contributed by atoms with Crippen LogP contribution in [0.1, 0.15) is 43.2 Å². The number of amides is 1. The molecule has 0 bridgehead atoms. The number of hydrogen-bond donors (Lipinski definition) is 2. The van der Waals surface area contributed by atoms with E-state index in [0.29, 0.717) is 25.3 Å². The number of carbonyl (C=O) groups excluding carboxylic acids is 2. The van der Waals surface area contributed by atoms with E-state index in [1.165, 1.54) is 0 Å². The van der Waals surface area contributed by atoms with Gasteiger partial charge in [-0.25, -0.2) is 0 Å². The summed E-state index contributed by atoms with van der Waals surface area (Å²) in [4.78, 5) is 32.7. The van der Waals surface area contributed by atoms with E-state index in [9.17, 15) is 9.59 Å². The molecule has 0 radical (unpaired) electrons. The number of nitrogens with two attached hydrogens (primary N) is 2. The van der Waals surface area contributed by atoms with Gasteiger partial charge in [-0.15, -0.1) is 4.59 Å². The number of nitrogens with zero attached hydrogens (tertiary/aromatic N) is 3. The van der Waals surface area contributed by atoms with Crippen LogP contribution in [0, 0.1) is 11.8 Å². The smallest absolute Gasteiger partial charge is 0.308 e. The molecule has 2 aromatic carbocycles. The van der Waals surface area contributed by atoms with E-state index in [4.69, 9.17) is 26.0 Å². The third-order valence-electron chi connectivity index (χ3n) is 7.20. The lowest BCUT2D eigenvalue weighted by Crippen LogP contribution is -2.53. The molecule has 1 saturated carbocycles. The lowest BCUT2D eigenvalue weighted by Gasteiger charge is -2.28. The molecule has 9 heteroatoms. The van der Waals surface area contributed by atoms with E-state index in [-0.39, 0.29) is 35.4 Å². The van der Waals surface area contributed by atoms with Gasteiger partial charge < -0.3 is 15.2 Å². The molecule has 0 aromatic heterocycles. The minimum Gasteiger partial charge on any atom is -0.489 e. The Morgan fingerprint density at radius 2 is 1.82 bits per heavy atom. The van der Waals surface area contributed by atoms with E-state index >= 15 is 0 Å². The van der Waals surface area contributed by atoms with E-state index in [0.717, 1.165) is 41.1 Å². The molecule has 1 atom stereocenters. The zero-order chi connectivity index (χ0) is 26.5. The number of primary amides is 1. The maximum Gasteiger partial charge on any atom is 0.308 e. The van der Waals surface area contributed by atoms with Gasteiger partial charge in [0, 0.05) is 5.92 Å². The van der Waals surface area contributed by atoms with Crippen molar-refractivity contribution in [1.29, 1.82) is 0 Å². The monoisotopic (exact) mass is 514 g/mol. The largest absolute Gasteiger partial charge is 0.489 e. The van der Waals surface area contributed by atoms with Gasteiger partial charge in [-0.05, 0) is 49.4 Å². The number of benzene rings is 2. The first-order valence-electron chi connectivity index (χ1n) is 12.9. The normalized spacial score (nSPS) is 24.1. The van der Waals surface area contributed by atoms with Crippen molar-refractivity contribution in [3.05, 3.63) is 89.5 Å². The average molecular weight is 515 g/mol. The summed E-state index contributed by atoms with van der Waals surface area (Å²) in [6, 6.07) is 17.8. The molecule has 1 aliphatic carbocycles. The van der Waals surface area contributed by atoms with Gasteiger partial charge >= 0.3 is 5.97 Å². The van der Waals surface area contributed by atoms with Crippen molar-refractivity contribution in [2.45, 2.75) is 38.7 Å². The Balaban J connectivity index is 1.31. The fourth-order valence-corrected chi connectivity index (χ4v) is 5.14. The van der Waals surface area contributed by atoms with Crippen LogP contribution < -0.4 is 16.3 Å². The van der Waals surface area contributed by atoms with Crippen molar-refractivity contribution in [2.75, 3.05) is 6.61 Å². The number of ether oxygens (including phenoxy) is 2. The molecule has 4 N–H and O–H groups in total. The Morgan fingerprint density at radius 1 is 1.03 bits per heavy atom. The Hall–Kier alpha value is -4.08. The van der Waals surface area contributed by atoms with Crippen LogP contribution in [-0.4, -0.2) is 35.1 Å². The molecular weight excluding hydrogens is 482 g/mol. The minimum atomic E-state index is -0.482. The zero-order valence-electron chi connectivity index (χ0n) is 21.2. The zero-order valence-corrected chi connectivity index (χ0v) is 21.2. The van der Waals surface area contributed by atoms with Crippen molar-refractivity contribution in [2.24, 2.45) is 33.4 Å². The summed E-state index contributed by atoms with van der Waals surface area (Å²) < 4.78 is 11.2. The quantitative estimate of drug-likeness (QED) is 0.299. The first-order chi connectivity index (χ1) is 18.4. The first kappa shape index (κ1) is 25.6. The van der Waals surface area contributed by atoms with E-state index in [1.807, 2.05) is 60.8 Å². The number of quaternary nitrogens is 1. The summed E-state index contributed by atoms with van der Waals surface area (Å²) in [6.07, 6.45) is 8.27. The predicted molar refractivity (Wildman–Crippen MR) is 143 cm³/mol. The van der Waals surface area contributed by atoms with Crippen LogP contribution >= 0.6 is 0 Å². The maximum atomic E-state index is 12.4. The molecule has 2 aromatic rings. The Bertz CT molecular complexity index is 1330. The van der Waals surface area contributed by atoms with E-state index in [1.54, 1.807) is 12.4 Å². The molecule has 1 fully saturated rings. The minimum absolute atomic E-state index is 0.0289. The SMILES string of the molecule is NC(=O)CCOC(=O)C1CCC(C2=C3C=NC=C[N+]3(N)C(c3cccc(OCc4ccccc4)c3)=N2)CC1. The third-order valence-corrected chi connectivity index (χ3v) is 7.20. The third kappa shape index (κ3) is 5.44. The number of amidine groups is 1. The molecule has 1 amide bonds. The number of hydrogen-bond acceptors (Lipinski definition) is 7. The van der Waals surface area contributed by atoms with Gasteiger partial charge in [0.2, 0.25) is 11.6 Å². The number of esters is 1. The molecule has 38 heavy (non-hydrogen) atoms. The summed E-state index contributed by atoms with van der Waals surface area (Å²) in [7, 11) is 0. The number of aliphatic imine (C=N–C) groups is 2. The molecule has 2 aliphatic heterocycles. The summed E-state index contributed by atoms with van der Waals surface area (Å²) in [5.74, 6) is 7.57. The number of fused-ring (bicyclic) bond motifs is 1. The molecule has 196 valence electrons. The summed E-state index contributed by atoms with van der Waals surface area (Å²) in [5, 5.41) is 0. The maximum absolute atomic E-state index is 12.4. The van der Waals surface area contributed by atoms with Crippen molar-refractivity contribution in [1.82, 2.24) is 0 Å². The van der Waals surface area contributed by atoms with Gasteiger partial charge in [0.25, 0.3) is 5.84 Å². The van der Waals surface area contributed by atoms with Crippen molar-refractivity contribution in [3.63, 3.8) is 0 Å². The number of allylic oxidation sites excluding steroid dienone is 2. The van der Waals surface area contributed by atoms with Crippen molar-refractivity contribution >= 4 is 23.9 Å². The average Bonchev–Trinajstić information content (AvgIpc) is 3.25. The lowest BCUT2D eigenvalue weighted by atomic mass is 9.80. The highest BCUT2D eigenvalue weighted by molar-refractivity contribution is 6.00. The summed E-state index contributed by atoms with van der Waals surface area (Å²) in [5.41, 5.74) is 8.84. The van der Waals surface area contributed by atoms with Gasteiger partial charge in [0.15, 0.2) is 0 Å². The van der Waals surface area contributed by atoms with Crippen LogP contribution in [0.4, 0.5) is 0 Å². The molecular formula is C29H32N5O4+. The second kappa shape index (κ2) is 11.1. The van der Waals surface area contributed by atoms with Crippen LogP contribution in [0.2, 0.25) is 0 Å². The fraction of sp³-hybridized carbons (Fsp3) is 0.310. The molecule has 2 heterocycles. The van der Waals surface area contributed by atoms with Gasteiger partial charge in [0.1, 0.15) is 30.9 Å². The highest BCUT2D eigenvalue weighted by Gasteiger charge is 2.46. The highest BCUT2D eigenvalue weighted by Crippen LogP contribution is 2.41. The molecule has 0 saturated heterocycles. The Labute approximate surface area is 221 Å². The van der Waals surface area contributed by atoms with Crippen molar-refractivity contribution < 1.29 is 23.7 Å². The molecule has 9 nitrogen and oxygen atoms in total. The van der Waals surface area contributed by atoms with E-state index < -0.39 is 5.91 Å². The van der Waals surface area contributed by atoms with Crippen LogP contribution in [-0.2, 0) is 20.9 Å². The number of carbonyl (C=O) groups is 2. The van der Waals surface area contributed by atoms with Crippen LogP contribution in [0.3, 0.4) is 0 Å². The van der Waals surface area contributed by atoms with Crippen LogP contribution in [0.5, 0.6) is 5.75 Å². The fourth-order valence-electron chi connectivity index (χ4n) is 5.14. The molecule has 0 spiro atoms. The van der Waals surface area contributed by atoms with Crippen LogP contribution in [0.15, 0.2) is 88.4 Å². The van der Waals surface area contributed by atoms with Gasteiger partial charge in [-0.2, -0.15) is 10.8 Å². The highest BCUT2D eigenvalue weighted by atomic mass is 16.5. The second-order valence-electron chi connectivity index (χ2n) is 9.79. The number of rotatable bonds is 9. The van der Waals surface area contributed by atoms with E-state index in [2.05, 4.69) is 4.99 Å². The van der Waals surface area contributed by atoms with Crippen LogP contribution in [0.25, 0.3) is 0 Å². The van der Waals surface area contributed by atoms with Gasteiger partial charge in [0.05, 0.1) is 30.3 Å². The second-order valence-corrected chi connectivity index (χ2v) is 9.79. The Kier molecular flexibility index (Phi) is 7.48. The van der Waals surface area contributed by atoms with Gasteiger partial charge in [-0.1, -0.05) is 36.4 Å². The summed E-state index contributed by atoms with van der Waals surface area (Å²) >= 11 is 0. The van der Waals surface area contributed by atoms with Crippen molar-refractivity contribution in [3.8, 4) is 5.75 Å². The summed E-state index contributed by atoms with van der Waals surface area (Å²) in [6.45, 7) is 0.496. The topological polar surface area (TPSA) is 129 Å². The first-order valence-corrected chi connectivity index (χ1v) is 12.9. The predicted octanol–water partition coefficient (Wildman–Crippen LogP) is 3.71. The standard InChI is InChI=1S/C29H31N5O4/c30-26(35)13-16-37-29(36)22-11-9-21(10-12-22)27-25-18-32-14-15-34(25,31)28(33-27)23-7-4-8-24(17-23)38-19-20-5-2-1-3-6-20/h1-8,14-15,17-18,21-22H,9-13,16,19,31H2,(H-,30,35)/p+1.